The zero-order valence-corrected chi connectivity index (χ0v) is 13.8. The molecule has 0 aromatic carbocycles. The molecule has 0 aromatic heterocycles. The Kier molecular flexibility index (Phi) is 6.96. The SMILES string of the molecule is C=CC(=O)OCCCC[Si](C)(C)O[Si](C)(C)C. The normalized spacial score (nSPS) is 12.3. The van der Waals surface area contributed by atoms with Crippen LogP contribution in [0, 0.1) is 0 Å². The van der Waals surface area contributed by atoms with E-state index < -0.39 is 16.6 Å². The van der Waals surface area contributed by atoms with Crippen LogP contribution in [0.2, 0.25) is 38.8 Å². The Balaban J connectivity index is 3.73. The highest BCUT2D eigenvalue weighted by Gasteiger charge is 2.28. The third kappa shape index (κ3) is 10.5. The topological polar surface area (TPSA) is 35.5 Å². The molecule has 0 aliphatic heterocycles. The van der Waals surface area contributed by atoms with Gasteiger partial charge < -0.3 is 8.85 Å². The number of esters is 1. The van der Waals surface area contributed by atoms with Gasteiger partial charge in [-0.25, -0.2) is 4.79 Å². The highest BCUT2D eigenvalue weighted by Crippen LogP contribution is 2.20. The second-order valence-corrected chi connectivity index (χ2v) is 14.9. The predicted molar refractivity (Wildman–Crippen MR) is 77.1 cm³/mol. The molecule has 0 amide bonds. The minimum absolute atomic E-state index is 0.333. The van der Waals surface area contributed by atoms with Gasteiger partial charge >= 0.3 is 5.97 Å². The van der Waals surface area contributed by atoms with Crippen LogP contribution in [0.15, 0.2) is 12.7 Å². The highest BCUT2D eigenvalue weighted by molar-refractivity contribution is 6.84. The molecule has 0 radical (unpaired) electrons. The monoisotopic (exact) mass is 274 g/mol. The van der Waals surface area contributed by atoms with Gasteiger partial charge in [-0.05, 0) is 45.2 Å². The number of hydrogen-bond donors (Lipinski definition) is 0. The number of ether oxygens (including phenoxy) is 1. The Bertz CT molecular complexity index is 257. The third-order valence-electron chi connectivity index (χ3n) is 2.17. The van der Waals surface area contributed by atoms with E-state index in [0.717, 1.165) is 18.9 Å². The van der Waals surface area contributed by atoms with E-state index in [2.05, 4.69) is 39.3 Å². The van der Waals surface area contributed by atoms with Gasteiger partial charge in [0.1, 0.15) is 0 Å². The van der Waals surface area contributed by atoms with Crippen molar-refractivity contribution in [3.8, 4) is 0 Å². The minimum atomic E-state index is -1.52. The van der Waals surface area contributed by atoms with Crippen molar-refractivity contribution in [3.05, 3.63) is 12.7 Å². The van der Waals surface area contributed by atoms with Crippen molar-refractivity contribution in [1.82, 2.24) is 0 Å². The fourth-order valence-corrected chi connectivity index (χ4v) is 9.91. The lowest BCUT2D eigenvalue weighted by molar-refractivity contribution is -0.137. The van der Waals surface area contributed by atoms with Crippen molar-refractivity contribution in [2.45, 2.75) is 51.6 Å². The zero-order chi connectivity index (χ0) is 13.5. The largest absolute Gasteiger partial charge is 0.463 e. The van der Waals surface area contributed by atoms with E-state index in [1.54, 1.807) is 0 Å². The molecule has 0 spiro atoms. The Hall–Kier alpha value is -0.396. The van der Waals surface area contributed by atoms with Gasteiger partial charge in [-0.2, -0.15) is 0 Å². The van der Waals surface area contributed by atoms with Crippen LogP contribution in [-0.4, -0.2) is 29.2 Å². The molecular weight excluding hydrogens is 248 g/mol. The zero-order valence-electron chi connectivity index (χ0n) is 11.8. The van der Waals surface area contributed by atoms with Crippen molar-refractivity contribution < 1.29 is 13.6 Å². The molecule has 0 atom stereocenters. The Morgan fingerprint density at radius 3 is 2.24 bits per heavy atom. The standard InChI is InChI=1S/C12H26O3Si2/c1-7-12(13)14-10-8-9-11-17(5,6)15-16(2,3)4/h7H,1,8-11H2,2-6H3. The lowest BCUT2D eigenvalue weighted by atomic mass is 10.4. The maximum Gasteiger partial charge on any atom is 0.330 e. The molecule has 0 aromatic rings. The molecule has 0 fully saturated rings. The molecular formula is C12H26O3Si2. The van der Waals surface area contributed by atoms with Gasteiger partial charge in [0, 0.05) is 6.08 Å². The summed E-state index contributed by atoms with van der Waals surface area (Å²) in [5, 5.41) is 0. The quantitative estimate of drug-likeness (QED) is 0.294. The number of unbranched alkanes of at least 4 members (excludes halogenated alkanes) is 1. The fraction of sp³-hybridized carbons (Fsp3) is 0.750. The van der Waals surface area contributed by atoms with Crippen LogP contribution in [0.3, 0.4) is 0 Å². The summed E-state index contributed by atoms with van der Waals surface area (Å²) in [6.07, 6.45) is 3.17. The van der Waals surface area contributed by atoms with Crippen molar-refractivity contribution in [3.63, 3.8) is 0 Å². The molecule has 0 saturated heterocycles. The first-order valence-electron chi connectivity index (χ1n) is 6.16. The summed E-state index contributed by atoms with van der Waals surface area (Å²) >= 11 is 0. The minimum Gasteiger partial charge on any atom is -0.463 e. The van der Waals surface area contributed by atoms with E-state index in [0.29, 0.717) is 6.61 Å². The van der Waals surface area contributed by atoms with Gasteiger partial charge in [-0.15, -0.1) is 0 Å². The van der Waals surface area contributed by atoms with Crippen LogP contribution < -0.4 is 0 Å². The molecule has 17 heavy (non-hydrogen) atoms. The van der Waals surface area contributed by atoms with Gasteiger partial charge in [0.25, 0.3) is 0 Å². The fourth-order valence-electron chi connectivity index (χ4n) is 1.76. The smallest absolute Gasteiger partial charge is 0.330 e. The van der Waals surface area contributed by atoms with Crippen LogP contribution >= 0.6 is 0 Å². The summed E-state index contributed by atoms with van der Waals surface area (Å²) in [5.41, 5.74) is 0. The van der Waals surface area contributed by atoms with E-state index in [4.69, 9.17) is 8.85 Å². The van der Waals surface area contributed by atoms with Crippen LogP contribution in [0.1, 0.15) is 12.8 Å². The average Bonchev–Trinajstić information content (AvgIpc) is 2.12. The first-order chi connectivity index (χ1) is 7.66. The molecule has 0 aliphatic rings. The van der Waals surface area contributed by atoms with Gasteiger partial charge in [-0.3, -0.25) is 0 Å². The lowest BCUT2D eigenvalue weighted by Crippen LogP contribution is -2.42. The van der Waals surface area contributed by atoms with Crippen LogP contribution in [0.5, 0.6) is 0 Å². The molecule has 0 N–H and O–H groups in total. The van der Waals surface area contributed by atoms with Gasteiger partial charge in [0.2, 0.25) is 0 Å². The Labute approximate surface area is 107 Å². The molecule has 100 valence electrons. The van der Waals surface area contributed by atoms with Crippen LogP contribution in [-0.2, 0) is 13.6 Å². The Morgan fingerprint density at radius 1 is 1.18 bits per heavy atom. The summed E-state index contributed by atoms with van der Waals surface area (Å²) in [5.74, 6) is -0.333. The van der Waals surface area contributed by atoms with Crippen molar-refractivity contribution in [2.24, 2.45) is 0 Å². The summed E-state index contributed by atoms with van der Waals surface area (Å²) in [7, 11) is -2.94. The van der Waals surface area contributed by atoms with E-state index in [-0.39, 0.29) is 5.97 Å². The second-order valence-electron chi connectivity index (χ2n) is 5.80. The van der Waals surface area contributed by atoms with Crippen LogP contribution in [0.4, 0.5) is 0 Å². The highest BCUT2D eigenvalue weighted by atomic mass is 28.4. The summed E-state index contributed by atoms with van der Waals surface area (Å²) in [6.45, 7) is 15.1. The van der Waals surface area contributed by atoms with Crippen molar-refractivity contribution in [1.29, 1.82) is 0 Å². The first kappa shape index (κ1) is 16.6. The lowest BCUT2D eigenvalue weighted by Gasteiger charge is -2.31. The molecule has 3 nitrogen and oxygen atoms in total. The van der Waals surface area contributed by atoms with Gasteiger partial charge in [0.15, 0.2) is 16.6 Å². The van der Waals surface area contributed by atoms with E-state index in [1.165, 1.54) is 6.08 Å². The maximum atomic E-state index is 10.8. The third-order valence-corrected chi connectivity index (χ3v) is 8.38. The predicted octanol–water partition coefficient (Wildman–Crippen LogP) is 3.55. The number of carbonyl (C=O) groups excluding carboxylic acids is 1. The molecule has 0 rings (SSSR count). The Morgan fingerprint density at radius 2 is 1.76 bits per heavy atom. The van der Waals surface area contributed by atoms with E-state index in [1.807, 2.05) is 0 Å². The molecule has 0 unspecified atom stereocenters. The molecule has 0 aliphatic carbocycles. The number of carbonyl (C=O) groups is 1. The molecule has 0 bridgehead atoms. The number of rotatable bonds is 8. The van der Waals surface area contributed by atoms with Crippen molar-refractivity contribution in [2.75, 3.05) is 6.61 Å². The summed E-state index contributed by atoms with van der Waals surface area (Å²) in [4.78, 5) is 10.8. The molecule has 0 heterocycles. The average molecular weight is 275 g/mol. The first-order valence-corrected chi connectivity index (χ1v) is 12.7. The van der Waals surface area contributed by atoms with Gasteiger partial charge in [0.05, 0.1) is 6.61 Å². The van der Waals surface area contributed by atoms with E-state index in [9.17, 15) is 4.79 Å². The van der Waals surface area contributed by atoms with Gasteiger partial charge in [-0.1, -0.05) is 13.0 Å². The summed E-state index contributed by atoms with van der Waals surface area (Å²) < 4.78 is 11.2. The molecule has 5 heteroatoms. The van der Waals surface area contributed by atoms with E-state index >= 15 is 0 Å². The maximum absolute atomic E-state index is 10.8. The van der Waals surface area contributed by atoms with Crippen molar-refractivity contribution >= 4 is 22.6 Å². The second kappa shape index (κ2) is 7.13. The number of hydrogen-bond acceptors (Lipinski definition) is 3. The summed E-state index contributed by atoms with van der Waals surface area (Å²) in [6, 6.07) is 1.13. The van der Waals surface area contributed by atoms with Crippen LogP contribution in [0.25, 0.3) is 0 Å². The molecule has 0 saturated carbocycles.